The van der Waals surface area contributed by atoms with Gasteiger partial charge in [-0.3, -0.25) is 4.79 Å². The molecule has 1 aliphatic heterocycles. The number of hydrogen-bond donors (Lipinski definition) is 1. The maximum absolute atomic E-state index is 13.7. The highest BCUT2D eigenvalue weighted by atomic mass is 19.1. The number of hydrogen-bond acceptors (Lipinski definition) is 3. The van der Waals surface area contributed by atoms with Gasteiger partial charge in [0, 0.05) is 42.9 Å². The third-order valence-corrected chi connectivity index (χ3v) is 5.38. The second-order valence-electron chi connectivity index (χ2n) is 7.36. The van der Waals surface area contributed by atoms with E-state index in [2.05, 4.69) is 9.55 Å². The molecule has 1 aliphatic rings. The highest BCUT2D eigenvalue weighted by Gasteiger charge is 2.26. The zero-order valence-electron chi connectivity index (χ0n) is 16.4. The van der Waals surface area contributed by atoms with Gasteiger partial charge in [0.2, 0.25) is 5.91 Å². The largest absolute Gasteiger partial charge is 0.478 e. The zero-order chi connectivity index (χ0) is 21.1. The van der Waals surface area contributed by atoms with Crippen molar-refractivity contribution in [3.8, 4) is 0 Å². The van der Waals surface area contributed by atoms with Gasteiger partial charge in [-0.15, -0.1) is 0 Å². The van der Waals surface area contributed by atoms with Crippen molar-refractivity contribution in [1.82, 2.24) is 14.5 Å². The number of carboxylic acid groups (broad SMARTS) is 1. The van der Waals surface area contributed by atoms with Crippen molar-refractivity contribution < 1.29 is 19.1 Å². The molecule has 1 aromatic carbocycles. The Bertz CT molecular complexity index is 1140. The molecule has 0 fully saturated rings. The zero-order valence-corrected chi connectivity index (χ0v) is 16.4. The van der Waals surface area contributed by atoms with Crippen LogP contribution in [0.3, 0.4) is 0 Å². The van der Waals surface area contributed by atoms with Gasteiger partial charge < -0.3 is 14.6 Å². The van der Waals surface area contributed by atoms with E-state index >= 15 is 0 Å². The van der Waals surface area contributed by atoms with Crippen molar-refractivity contribution in [3.05, 3.63) is 77.4 Å². The molecule has 0 aliphatic carbocycles. The molecule has 1 N–H and O–H groups in total. The Balaban J connectivity index is 1.61. The normalized spacial score (nSPS) is 13.7. The van der Waals surface area contributed by atoms with Crippen molar-refractivity contribution in [1.29, 1.82) is 0 Å². The molecular formula is C23H22FN3O3. The molecule has 1 amide bonds. The van der Waals surface area contributed by atoms with Crippen LogP contribution in [0.25, 0.3) is 11.0 Å². The fourth-order valence-electron chi connectivity index (χ4n) is 4.01. The number of aliphatic carboxylic acids is 1. The molecule has 0 saturated carbocycles. The molecule has 3 aromatic rings. The number of benzene rings is 1. The monoisotopic (exact) mass is 407 g/mol. The molecular weight excluding hydrogens is 385 g/mol. The maximum Gasteiger partial charge on any atom is 0.327 e. The van der Waals surface area contributed by atoms with Gasteiger partial charge in [-0.05, 0) is 48.2 Å². The van der Waals surface area contributed by atoms with E-state index in [1.54, 1.807) is 17.2 Å². The van der Waals surface area contributed by atoms with E-state index in [1.807, 2.05) is 18.2 Å². The third kappa shape index (κ3) is 4.10. The predicted molar refractivity (Wildman–Crippen MR) is 110 cm³/mol. The second-order valence-corrected chi connectivity index (χ2v) is 7.36. The molecule has 0 spiro atoms. The molecule has 4 rings (SSSR count). The number of carbonyl (C=O) groups excluding carboxylic acids is 1. The molecule has 0 radical (unpaired) electrons. The molecule has 7 heteroatoms. The first-order chi connectivity index (χ1) is 14.5. The first kappa shape index (κ1) is 19.8. The van der Waals surface area contributed by atoms with Gasteiger partial charge in [-0.1, -0.05) is 18.2 Å². The lowest BCUT2D eigenvalue weighted by Gasteiger charge is -2.28. The molecule has 3 heterocycles. The SMILES string of the molecule is O=C(O)C=CCCC(=O)N1CCc2c(n(Cc3cccc(F)c3)c3ncccc23)C1. The smallest absolute Gasteiger partial charge is 0.327 e. The summed E-state index contributed by atoms with van der Waals surface area (Å²) in [5, 5.41) is 9.73. The van der Waals surface area contributed by atoms with Gasteiger partial charge >= 0.3 is 5.97 Å². The Kier molecular flexibility index (Phi) is 5.61. The number of halogens is 1. The van der Waals surface area contributed by atoms with Crippen molar-refractivity contribution in [2.24, 2.45) is 0 Å². The molecule has 0 unspecified atom stereocenters. The molecule has 30 heavy (non-hydrogen) atoms. The van der Waals surface area contributed by atoms with E-state index in [9.17, 15) is 14.0 Å². The third-order valence-electron chi connectivity index (χ3n) is 5.38. The second kappa shape index (κ2) is 8.49. The number of amides is 1. The molecule has 6 nitrogen and oxygen atoms in total. The van der Waals surface area contributed by atoms with E-state index in [4.69, 9.17) is 5.11 Å². The Morgan fingerprint density at radius 1 is 1.23 bits per heavy atom. The van der Waals surface area contributed by atoms with Gasteiger partial charge in [-0.25, -0.2) is 14.2 Å². The Morgan fingerprint density at radius 2 is 2.10 bits per heavy atom. The van der Waals surface area contributed by atoms with Crippen LogP contribution in [-0.2, 0) is 29.1 Å². The standard InChI is InChI=1S/C23H22FN3O3/c24-17-6-3-5-16(13-17)14-27-20-15-26(21(28)8-1-2-9-22(29)30)12-10-18(20)19-7-4-11-25-23(19)27/h2-7,9,11,13H,1,8,10,12,14-15H2,(H,29,30). The molecule has 154 valence electrons. The van der Waals surface area contributed by atoms with E-state index in [0.717, 1.165) is 34.8 Å². The van der Waals surface area contributed by atoms with E-state index < -0.39 is 5.97 Å². The molecule has 0 bridgehead atoms. The summed E-state index contributed by atoms with van der Waals surface area (Å²) in [4.78, 5) is 29.6. The van der Waals surface area contributed by atoms with Crippen molar-refractivity contribution in [2.45, 2.75) is 32.4 Å². The minimum atomic E-state index is -1.01. The van der Waals surface area contributed by atoms with Crippen LogP contribution in [0.5, 0.6) is 0 Å². The predicted octanol–water partition coefficient (Wildman–Crippen LogP) is 3.53. The van der Waals surface area contributed by atoms with Crippen LogP contribution >= 0.6 is 0 Å². The summed E-state index contributed by atoms with van der Waals surface area (Å²) in [5.74, 6) is -1.30. The number of carboxylic acids is 1. The number of carbonyl (C=O) groups is 2. The van der Waals surface area contributed by atoms with E-state index in [-0.39, 0.29) is 18.1 Å². The number of nitrogens with zero attached hydrogens (tertiary/aromatic N) is 3. The maximum atomic E-state index is 13.7. The summed E-state index contributed by atoms with van der Waals surface area (Å²) < 4.78 is 15.8. The summed E-state index contributed by atoms with van der Waals surface area (Å²) in [5.41, 5.74) is 3.88. The van der Waals surface area contributed by atoms with Crippen LogP contribution in [-0.4, -0.2) is 38.0 Å². The van der Waals surface area contributed by atoms with Crippen LogP contribution in [0.1, 0.15) is 29.7 Å². The summed E-state index contributed by atoms with van der Waals surface area (Å²) in [7, 11) is 0. The highest BCUT2D eigenvalue weighted by molar-refractivity contribution is 5.84. The van der Waals surface area contributed by atoms with Gasteiger partial charge in [-0.2, -0.15) is 0 Å². The first-order valence-electron chi connectivity index (χ1n) is 9.89. The fraction of sp³-hybridized carbons (Fsp3) is 0.261. The van der Waals surface area contributed by atoms with Crippen LogP contribution < -0.4 is 0 Å². The quantitative estimate of drug-likeness (QED) is 0.635. The van der Waals surface area contributed by atoms with Gasteiger partial charge in [0.1, 0.15) is 11.5 Å². The van der Waals surface area contributed by atoms with Crippen LogP contribution in [0, 0.1) is 5.82 Å². The summed E-state index contributed by atoms with van der Waals surface area (Å²) in [6.07, 6.45) is 5.69. The number of pyridine rings is 1. The van der Waals surface area contributed by atoms with Crippen molar-refractivity contribution in [2.75, 3.05) is 6.54 Å². The Labute approximate surface area is 173 Å². The number of allylic oxidation sites excluding steroid dienone is 1. The van der Waals surface area contributed by atoms with Crippen molar-refractivity contribution in [3.63, 3.8) is 0 Å². The highest BCUT2D eigenvalue weighted by Crippen LogP contribution is 2.30. The van der Waals surface area contributed by atoms with E-state index in [1.165, 1.54) is 23.8 Å². The van der Waals surface area contributed by atoms with Crippen LogP contribution in [0.2, 0.25) is 0 Å². The Morgan fingerprint density at radius 3 is 2.90 bits per heavy atom. The average molecular weight is 407 g/mol. The van der Waals surface area contributed by atoms with Gasteiger partial charge in [0.15, 0.2) is 0 Å². The lowest BCUT2D eigenvalue weighted by molar-refractivity contribution is -0.133. The Hall–Kier alpha value is -3.48. The topological polar surface area (TPSA) is 75.4 Å². The van der Waals surface area contributed by atoms with Crippen LogP contribution in [0.15, 0.2) is 54.7 Å². The van der Waals surface area contributed by atoms with Crippen LogP contribution in [0.4, 0.5) is 4.39 Å². The number of fused-ring (bicyclic) bond motifs is 3. The fourth-order valence-corrected chi connectivity index (χ4v) is 4.01. The lowest BCUT2D eigenvalue weighted by atomic mass is 10.0. The van der Waals surface area contributed by atoms with E-state index in [0.29, 0.717) is 26.1 Å². The van der Waals surface area contributed by atoms with Gasteiger partial charge in [0.25, 0.3) is 0 Å². The minimum absolute atomic E-state index is 0.00814. The molecule has 0 saturated heterocycles. The summed E-state index contributed by atoms with van der Waals surface area (Å²) in [6.45, 7) is 1.55. The molecule has 2 aromatic heterocycles. The average Bonchev–Trinajstić information content (AvgIpc) is 3.04. The first-order valence-corrected chi connectivity index (χ1v) is 9.89. The lowest BCUT2D eigenvalue weighted by Crippen LogP contribution is -2.36. The molecule has 0 atom stereocenters. The summed E-state index contributed by atoms with van der Waals surface area (Å²) in [6, 6.07) is 10.5. The van der Waals surface area contributed by atoms with Gasteiger partial charge in [0.05, 0.1) is 6.54 Å². The summed E-state index contributed by atoms with van der Waals surface area (Å²) >= 11 is 0. The van der Waals surface area contributed by atoms with Crippen molar-refractivity contribution >= 4 is 22.9 Å². The number of rotatable bonds is 6. The number of aromatic nitrogens is 2. The minimum Gasteiger partial charge on any atom is -0.478 e.